The third-order valence-corrected chi connectivity index (χ3v) is 4.12. The van der Waals surface area contributed by atoms with Crippen LogP contribution >= 0.6 is 0 Å². The van der Waals surface area contributed by atoms with Gasteiger partial charge in [-0.2, -0.15) is 5.10 Å². The Kier molecular flexibility index (Phi) is 6.40. The fourth-order valence-electron chi connectivity index (χ4n) is 2.58. The Balaban J connectivity index is 1.62. The number of aryl methyl sites for hydroxylation is 2. The number of ether oxygens (including phenoxy) is 2. The normalized spacial score (nSPS) is 10.7. The number of hydrogen-bond acceptors (Lipinski definition) is 7. The van der Waals surface area contributed by atoms with E-state index in [4.69, 9.17) is 14.6 Å². The first-order valence-electron chi connectivity index (χ1n) is 8.85. The zero-order valence-electron chi connectivity index (χ0n) is 16.2. The molecule has 2 N–H and O–H groups in total. The number of rotatable bonds is 9. The summed E-state index contributed by atoms with van der Waals surface area (Å²) in [6.45, 7) is 1.39. The Bertz CT molecular complexity index is 1040. The molecule has 0 amide bonds. The van der Waals surface area contributed by atoms with E-state index >= 15 is 0 Å². The van der Waals surface area contributed by atoms with Crippen molar-refractivity contribution in [2.75, 3.05) is 12.4 Å². The highest BCUT2D eigenvalue weighted by molar-refractivity contribution is 5.66. The van der Waals surface area contributed by atoms with Gasteiger partial charge in [0.25, 0.3) is 0 Å². The first kappa shape index (κ1) is 21.0. The van der Waals surface area contributed by atoms with Crippen molar-refractivity contribution in [3.05, 3.63) is 53.6 Å². The molecule has 158 valence electrons. The van der Waals surface area contributed by atoms with Crippen molar-refractivity contribution in [3.8, 4) is 11.5 Å². The van der Waals surface area contributed by atoms with E-state index in [1.165, 1.54) is 43.4 Å². The lowest BCUT2D eigenvalue weighted by atomic mass is 10.1. The van der Waals surface area contributed by atoms with Crippen LogP contribution in [0.3, 0.4) is 0 Å². The molecule has 0 aliphatic rings. The van der Waals surface area contributed by atoms with Gasteiger partial charge in [-0.05, 0) is 18.6 Å². The number of carboxylic acids is 1. The molecule has 3 aromatic rings. The maximum Gasteiger partial charge on any atom is 0.305 e. The van der Waals surface area contributed by atoms with Gasteiger partial charge in [-0.25, -0.2) is 18.7 Å². The number of aromatic nitrogens is 4. The van der Waals surface area contributed by atoms with Gasteiger partial charge in [0.15, 0.2) is 17.3 Å². The standard InChI is InChI=1S/C19H19F2N5O4/c1-11-5-15(29-2)18(21)14(17(11)20)10-30-13-7-22-19(23-8-13)25-12-6-24-26(9-12)4-3-16(27)28/h5-9H,3-4,10H2,1-2H3,(H,27,28)(H,22,23,25). The highest BCUT2D eigenvalue weighted by Crippen LogP contribution is 2.27. The molecule has 2 heterocycles. The van der Waals surface area contributed by atoms with Crippen LogP contribution in [0.25, 0.3) is 0 Å². The molecule has 0 unspecified atom stereocenters. The van der Waals surface area contributed by atoms with Crippen LogP contribution in [-0.4, -0.2) is 37.9 Å². The number of aliphatic carboxylic acids is 1. The molecule has 0 fully saturated rings. The third kappa shape index (κ3) is 4.99. The number of methoxy groups -OCH3 is 1. The number of hydrogen-bond donors (Lipinski definition) is 2. The molecule has 11 heteroatoms. The summed E-state index contributed by atoms with van der Waals surface area (Å²) >= 11 is 0. The molecule has 1 aromatic carbocycles. The van der Waals surface area contributed by atoms with Crippen LogP contribution in [0.4, 0.5) is 20.4 Å². The summed E-state index contributed by atoms with van der Waals surface area (Å²) in [4.78, 5) is 18.7. The second kappa shape index (κ2) is 9.16. The Morgan fingerprint density at radius 2 is 1.97 bits per heavy atom. The molecule has 0 bridgehead atoms. The molecule has 0 spiro atoms. The minimum Gasteiger partial charge on any atom is -0.494 e. The summed E-state index contributed by atoms with van der Waals surface area (Å²) in [5.41, 5.74) is 0.569. The van der Waals surface area contributed by atoms with Crippen LogP contribution in [-0.2, 0) is 17.9 Å². The van der Waals surface area contributed by atoms with Crippen molar-refractivity contribution >= 4 is 17.6 Å². The molecule has 0 atom stereocenters. The lowest BCUT2D eigenvalue weighted by molar-refractivity contribution is -0.137. The zero-order valence-corrected chi connectivity index (χ0v) is 16.2. The summed E-state index contributed by atoms with van der Waals surface area (Å²) in [5, 5.41) is 15.6. The van der Waals surface area contributed by atoms with E-state index in [0.717, 1.165) is 0 Å². The molecule has 0 saturated carbocycles. The molecule has 0 aliphatic carbocycles. The third-order valence-electron chi connectivity index (χ3n) is 4.12. The van der Waals surface area contributed by atoms with Gasteiger partial charge in [0.1, 0.15) is 12.4 Å². The number of halogens is 2. The molecular weight excluding hydrogens is 400 g/mol. The highest BCUT2D eigenvalue weighted by atomic mass is 19.1. The van der Waals surface area contributed by atoms with Gasteiger partial charge >= 0.3 is 5.97 Å². The van der Waals surface area contributed by atoms with Crippen LogP contribution in [0, 0.1) is 18.6 Å². The number of nitrogens with zero attached hydrogens (tertiary/aromatic N) is 4. The van der Waals surface area contributed by atoms with Gasteiger partial charge in [0.05, 0.1) is 49.9 Å². The van der Waals surface area contributed by atoms with Gasteiger partial charge in [0, 0.05) is 6.20 Å². The summed E-state index contributed by atoms with van der Waals surface area (Å²) in [6.07, 6.45) is 5.79. The second-order valence-corrected chi connectivity index (χ2v) is 6.29. The Hall–Kier alpha value is -3.76. The van der Waals surface area contributed by atoms with Gasteiger partial charge in [-0.1, -0.05) is 0 Å². The lowest BCUT2D eigenvalue weighted by Crippen LogP contribution is -2.06. The molecule has 30 heavy (non-hydrogen) atoms. The maximum atomic E-state index is 14.3. The number of carbonyl (C=O) groups is 1. The number of benzene rings is 1. The van der Waals surface area contributed by atoms with Crippen molar-refractivity contribution in [1.82, 2.24) is 19.7 Å². The minimum atomic E-state index is -0.914. The largest absolute Gasteiger partial charge is 0.494 e. The molecular formula is C19H19F2N5O4. The van der Waals surface area contributed by atoms with Gasteiger partial charge in [-0.15, -0.1) is 0 Å². The zero-order chi connectivity index (χ0) is 21.7. The predicted molar refractivity (Wildman–Crippen MR) is 102 cm³/mol. The van der Waals surface area contributed by atoms with Crippen LogP contribution in [0.2, 0.25) is 0 Å². The smallest absolute Gasteiger partial charge is 0.305 e. The second-order valence-electron chi connectivity index (χ2n) is 6.29. The minimum absolute atomic E-state index is 0.0440. The summed E-state index contributed by atoms with van der Waals surface area (Å²) in [5.74, 6) is -2.03. The highest BCUT2D eigenvalue weighted by Gasteiger charge is 2.18. The van der Waals surface area contributed by atoms with E-state index in [1.807, 2.05) is 0 Å². The number of nitrogens with one attached hydrogen (secondary N) is 1. The van der Waals surface area contributed by atoms with Gasteiger partial charge < -0.3 is 19.9 Å². The molecule has 3 rings (SSSR count). The van der Waals surface area contributed by atoms with Crippen molar-refractivity contribution in [2.45, 2.75) is 26.5 Å². The SMILES string of the molecule is COc1cc(C)c(F)c(COc2cnc(Nc3cnn(CCC(=O)O)c3)nc2)c1F. The van der Waals surface area contributed by atoms with Crippen molar-refractivity contribution < 1.29 is 28.2 Å². The summed E-state index contributed by atoms with van der Waals surface area (Å²) in [7, 11) is 1.30. The van der Waals surface area contributed by atoms with E-state index in [9.17, 15) is 13.6 Å². The Morgan fingerprint density at radius 1 is 1.23 bits per heavy atom. The summed E-state index contributed by atoms with van der Waals surface area (Å²) < 4.78 is 40.3. The summed E-state index contributed by atoms with van der Waals surface area (Å²) in [6, 6.07) is 1.28. The fourth-order valence-corrected chi connectivity index (χ4v) is 2.58. The van der Waals surface area contributed by atoms with Crippen LogP contribution in [0.5, 0.6) is 11.5 Å². The van der Waals surface area contributed by atoms with E-state index in [1.54, 1.807) is 6.20 Å². The average Bonchev–Trinajstić information content (AvgIpc) is 3.17. The van der Waals surface area contributed by atoms with E-state index < -0.39 is 17.6 Å². The predicted octanol–water partition coefficient (Wildman–Crippen LogP) is 3.07. The van der Waals surface area contributed by atoms with Crippen LogP contribution in [0.15, 0.2) is 30.9 Å². The van der Waals surface area contributed by atoms with Crippen molar-refractivity contribution in [1.29, 1.82) is 0 Å². The number of anilines is 2. The topological polar surface area (TPSA) is 111 Å². The van der Waals surface area contributed by atoms with E-state index in [2.05, 4.69) is 20.4 Å². The average molecular weight is 419 g/mol. The molecule has 2 aromatic heterocycles. The maximum absolute atomic E-state index is 14.3. The van der Waals surface area contributed by atoms with Crippen LogP contribution in [0.1, 0.15) is 17.5 Å². The van der Waals surface area contributed by atoms with Gasteiger partial charge in [0.2, 0.25) is 5.95 Å². The first-order valence-corrected chi connectivity index (χ1v) is 8.85. The monoisotopic (exact) mass is 419 g/mol. The Morgan fingerprint density at radius 3 is 2.63 bits per heavy atom. The van der Waals surface area contributed by atoms with Crippen LogP contribution < -0.4 is 14.8 Å². The Labute approximate surface area is 170 Å². The molecule has 0 saturated heterocycles. The fraction of sp³-hybridized carbons (Fsp3) is 0.263. The molecule has 0 aliphatic heterocycles. The quantitative estimate of drug-likeness (QED) is 0.544. The van der Waals surface area contributed by atoms with E-state index in [0.29, 0.717) is 5.69 Å². The first-order chi connectivity index (χ1) is 14.4. The van der Waals surface area contributed by atoms with E-state index in [-0.39, 0.29) is 48.1 Å². The van der Waals surface area contributed by atoms with Crippen molar-refractivity contribution in [3.63, 3.8) is 0 Å². The lowest BCUT2D eigenvalue weighted by Gasteiger charge is -2.12. The number of carboxylic acid groups (broad SMARTS) is 1. The van der Waals surface area contributed by atoms with Gasteiger partial charge in [-0.3, -0.25) is 9.48 Å². The van der Waals surface area contributed by atoms with Crippen molar-refractivity contribution in [2.24, 2.45) is 0 Å². The molecule has 9 nitrogen and oxygen atoms in total. The molecule has 0 radical (unpaired) electrons.